The Morgan fingerprint density at radius 2 is 1.95 bits per heavy atom. The van der Waals surface area contributed by atoms with Crippen LogP contribution in [0.2, 0.25) is 10.0 Å². The van der Waals surface area contributed by atoms with Crippen LogP contribution in [0.15, 0.2) is 91.5 Å². The van der Waals surface area contributed by atoms with Crippen molar-refractivity contribution in [3.05, 3.63) is 117 Å². The zero-order valence-corrected chi connectivity index (χ0v) is 22.8. The first-order chi connectivity index (χ1) is 19.8. The number of imidazole rings is 1. The molecule has 5 rings (SSSR count). The molecular formula is C27H23Cl2N5O7. The van der Waals surface area contributed by atoms with Crippen molar-refractivity contribution in [2.24, 2.45) is 0 Å². The topological polar surface area (TPSA) is 130 Å². The van der Waals surface area contributed by atoms with Crippen molar-refractivity contribution in [1.29, 1.82) is 0 Å². The number of carbonyl (C=O) groups is 1. The SMILES string of the molecule is O=C(Nc1ccccc1)N(O[N+](=O)[O-])c1ccc(OCC2COC(Cn3ccnc3)(c3ccc(Cl)cc3Cl)O2)cc1. The first-order valence-corrected chi connectivity index (χ1v) is 13.0. The largest absolute Gasteiger partial charge is 0.491 e. The molecule has 1 fully saturated rings. The minimum Gasteiger partial charge on any atom is -0.491 e. The molecule has 0 spiro atoms. The molecule has 1 saturated heterocycles. The predicted molar refractivity (Wildman–Crippen MR) is 149 cm³/mol. The van der Waals surface area contributed by atoms with Crippen LogP contribution in [0.3, 0.4) is 0 Å². The number of ether oxygens (including phenoxy) is 3. The van der Waals surface area contributed by atoms with Crippen LogP contribution in [0.5, 0.6) is 5.75 Å². The van der Waals surface area contributed by atoms with Gasteiger partial charge >= 0.3 is 11.1 Å². The van der Waals surface area contributed by atoms with E-state index >= 15 is 0 Å². The second-order valence-electron chi connectivity index (χ2n) is 8.86. The highest BCUT2D eigenvalue weighted by Gasteiger charge is 2.45. The molecule has 1 aliphatic rings. The summed E-state index contributed by atoms with van der Waals surface area (Å²) in [7, 11) is 0. The summed E-state index contributed by atoms with van der Waals surface area (Å²) in [6, 6.07) is 18.7. The van der Waals surface area contributed by atoms with Gasteiger partial charge in [-0.2, -0.15) is 4.94 Å². The molecule has 2 heterocycles. The third kappa shape index (κ3) is 6.87. The zero-order chi connectivity index (χ0) is 28.8. The van der Waals surface area contributed by atoms with E-state index in [1.54, 1.807) is 79.4 Å². The molecule has 1 aliphatic heterocycles. The molecule has 2 atom stereocenters. The summed E-state index contributed by atoms with van der Waals surface area (Å²) in [5.41, 5.74) is 1.17. The number of urea groups is 1. The van der Waals surface area contributed by atoms with Crippen molar-refractivity contribution in [3.63, 3.8) is 0 Å². The summed E-state index contributed by atoms with van der Waals surface area (Å²) in [4.78, 5) is 32.3. The number of hydrogen-bond acceptors (Lipinski definition) is 8. The lowest BCUT2D eigenvalue weighted by Gasteiger charge is -2.30. The van der Waals surface area contributed by atoms with Gasteiger partial charge in [0, 0.05) is 28.7 Å². The highest BCUT2D eigenvalue weighted by Crippen LogP contribution is 2.40. The fourth-order valence-electron chi connectivity index (χ4n) is 4.21. The number of halogens is 2. The summed E-state index contributed by atoms with van der Waals surface area (Å²) in [5.74, 6) is -0.772. The fourth-order valence-corrected chi connectivity index (χ4v) is 4.76. The van der Waals surface area contributed by atoms with E-state index in [-0.39, 0.29) is 25.4 Å². The van der Waals surface area contributed by atoms with Crippen LogP contribution in [0.25, 0.3) is 0 Å². The first-order valence-electron chi connectivity index (χ1n) is 12.3. The van der Waals surface area contributed by atoms with Gasteiger partial charge in [-0.3, -0.25) is 0 Å². The third-order valence-electron chi connectivity index (χ3n) is 6.02. The summed E-state index contributed by atoms with van der Waals surface area (Å²) in [6.45, 7) is 0.632. The Kier molecular flexibility index (Phi) is 8.55. The summed E-state index contributed by atoms with van der Waals surface area (Å²) in [5, 5.41) is 13.9. The number of hydroxylamine groups is 1. The summed E-state index contributed by atoms with van der Waals surface area (Å²) in [6.07, 6.45) is 4.63. The van der Waals surface area contributed by atoms with Crippen molar-refractivity contribution >= 4 is 40.6 Å². The van der Waals surface area contributed by atoms with Gasteiger partial charge in [-0.25, -0.2) is 9.78 Å². The Labute approximate surface area is 244 Å². The quantitative estimate of drug-likeness (QED) is 0.181. The molecule has 1 N–H and O–H groups in total. The molecule has 41 heavy (non-hydrogen) atoms. The smallest absolute Gasteiger partial charge is 0.350 e. The molecule has 2 amide bonds. The van der Waals surface area contributed by atoms with E-state index in [0.717, 1.165) is 0 Å². The monoisotopic (exact) mass is 599 g/mol. The number of aromatic nitrogens is 2. The van der Waals surface area contributed by atoms with Gasteiger partial charge in [0.2, 0.25) is 5.79 Å². The second-order valence-corrected chi connectivity index (χ2v) is 9.71. The molecule has 0 aliphatic carbocycles. The van der Waals surface area contributed by atoms with E-state index in [1.807, 2.05) is 4.57 Å². The fraction of sp³-hybridized carbons (Fsp3) is 0.185. The van der Waals surface area contributed by atoms with Crippen LogP contribution in [0, 0.1) is 10.1 Å². The van der Waals surface area contributed by atoms with E-state index < -0.39 is 23.0 Å². The van der Waals surface area contributed by atoms with Crippen molar-refractivity contribution in [2.75, 3.05) is 23.6 Å². The maximum atomic E-state index is 12.7. The average molecular weight is 600 g/mol. The molecule has 0 saturated carbocycles. The summed E-state index contributed by atoms with van der Waals surface area (Å²) < 4.78 is 20.3. The molecule has 12 nitrogen and oxygen atoms in total. The lowest BCUT2D eigenvalue weighted by Crippen LogP contribution is -2.36. The van der Waals surface area contributed by atoms with Crippen LogP contribution in [0.4, 0.5) is 16.2 Å². The highest BCUT2D eigenvalue weighted by molar-refractivity contribution is 6.35. The number of anilines is 2. The van der Waals surface area contributed by atoms with Gasteiger partial charge in [0.1, 0.15) is 18.5 Å². The number of nitrogens with zero attached hydrogens (tertiary/aromatic N) is 4. The Hall–Kier alpha value is -4.36. The van der Waals surface area contributed by atoms with E-state index in [1.165, 1.54) is 12.1 Å². The maximum absolute atomic E-state index is 12.7. The molecule has 1 aromatic heterocycles. The minimum atomic E-state index is -1.20. The van der Waals surface area contributed by atoms with Gasteiger partial charge in [-0.05, 0) is 48.5 Å². The molecule has 212 valence electrons. The predicted octanol–water partition coefficient (Wildman–Crippen LogP) is 5.70. The first kappa shape index (κ1) is 28.2. The molecule has 0 radical (unpaired) electrons. The Bertz CT molecular complexity index is 1490. The number of hydrogen-bond donors (Lipinski definition) is 1. The van der Waals surface area contributed by atoms with Crippen molar-refractivity contribution in [1.82, 2.24) is 9.55 Å². The molecular weight excluding hydrogens is 577 g/mol. The van der Waals surface area contributed by atoms with Crippen molar-refractivity contribution < 1.29 is 29.0 Å². The molecule has 2 unspecified atom stereocenters. The van der Waals surface area contributed by atoms with E-state index in [2.05, 4.69) is 15.2 Å². The zero-order valence-electron chi connectivity index (χ0n) is 21.3. The molecule has 14 heteroatoms. The standard InChI is InChI=1S/C27H23Cl2N5O7/c28-19-6-11-24(25(29)14-19)27(17-32-13-12-30-18-32)39-16-23(40-27)15-38-22-9-7-21(8-10-22)33(41-34(36)37)26(35)31-20-4-2-1-3-5-20/h1-14,18,23H,15-17H2,(H,31,35). The molecule has 3 aromatic carbocycles. The lowest BCUT2D eigenvalue weighted by molar-refractivity contribution is -0.758. The van der Waals surface area contributed by atoms with E-state index in [9.17, 15) is 14.9 Å². The number of nitrogens with one attached hydrogen (secondary N) is 1. The van der Waals surface area contributed by atoms with Gasteiger partial charge in [0.05, 0.1) is 30.2 Å². The van der Waals surface area contributed by atoms with Crippen LogP contribution >= 0.6 is 23.2 Å². The van der Waals surface area contributed by atoms with Gasteiger partial charge in [-0.1, -0.05) is 47.5 Å². The number of amides is 2. The van der Waals surface area contributed by atoms with Crippen LogP contribution in [-0.2, 0) is 26.7 Å². The maximum Gasteiger partial charge on any atom is 0.350 e. The Morgan fingerprint density at radius 1 is 1.17 bits per heavy atom. The minimum absolute atomic E-state index is 0.111. The van der Waals surface area contributed by atoms with Crippen LogP contribution in [-0.4, -0.2) is 40.0 Å². The molecule has 4 aromatic rings. The third-order valence-corrected chi connectivity index (χ3v) is 6.56. The van der Waals surface area contributed by atoms with Gasteiger partial charge in [-0.15, -0.1) is 15.2 Å². The molecule has 0 bridgehead atoms. The van der Waals surface area contributed by atoms with Crippen LogP contribution in [0.1, 0.15) is 5.56 Å². The van der Waals surface area contributed by atoms with Gasteiger partial charge in [0.15, 0.2) is 0 Å². The second kappa shape index (κ2) is 12.4. The van der Waals surface area contributed by atoms with Gasteiger partial charge in [0.25, 0.3) is 0 Å². The number of rotatable bonds is 10. The normalized spacial score (nSPS) is 18.0. The van der Waals surface area contributed by atoms with E-state index in [0.29, 0.717) is 32.1 Å². The Balaban J connectivity index is 1.25. The average Bonchev–Trinajstić information content (AvgIpc) is 3.62. The number of benzene rings is 3. The highest BCUT2D eigenvalue weighted by atomic mass is 35.5. The summed E-state index contributed by atoms with van der Waals surface area (Å²) >= 11 is 12.6. The van der Waals surface area contributed by atoms with Crippen LogP contribution < -0.4 is 15.1 Å². The Morgan fingerprint density at radius 3 is 2.63 bits per heavy atom. The van der Waals surface area contributed by atoms with Crippen molar-refractivity contribution in [2.45, 2.75) is 18.4 Å². The van der Waals surface area contributed by atoms with Crippen molar-refractivity contribution in [3.8, 4) is 5.75 Å². The van der Waals surface area contributed by atoms with Gasteiger partial charge < -0.3 is 24.1 Å². The number of para-hydroxylation sites is 1. The number of carbonyl (C=O) groups excluding carboxylic acids is 1. The lowest BCUT2D eigenvalue weighted by atomic mass is 10.1. The van der Waals surface area contributed by atoms with E-state index in [4.69, 9.17) is 37.4 Å².